The maximum absolute atomic E-state index is 5.46. The first-order valence-corrected chi connectivity index (χ1v) is 9.36. The van der Waals surface area contributed by atoms with Gasteiger partial charge in [0.2, 0.25) is 0 Å². The summed E-state index contributed by atoms with van der Waals surface area (Å²) in [6.45, 7) is 2.17. The van der Waals surface area contributed by atoms with Crippen molar-refractivity contribution >= 4 is 27.5 Å². The second-order valence-electron chi connectivity index (χ2n) is 6.62. The Morgan fingerprint density at radius 2 is 1.64 bits per heavy atom. The molecular weight excluding hydrogens is 350 g/mol. The number of fused-ring (bicyclic) bond motifs is 2. The number of nitrogens with one attached hydrogen (secondary N) is 1. The van der Waals surface area contributed by atoms with Gasteiger partial charge in [0.05, 0.1) is 25.8 Å². The van der Waals surface area contributed by atoms with Crippen molar-refractivity contribution in [3.8, 4) is 11.5 Å². The lowest BCUT2D eigenvalue weighted by molar-refractivity contribution is 0.356. The molecule has 142 valence electrons. The monoisotopic (exact) mass is 373 g/mol. The van der Waals surface area contributed by atoms with Gasteiger partial charge in [0.25, 0.3) is 0 Å². The van der Waals surface area contributed by atoms with Crippen LogP contribution in [0.3, 0.4) is 0 Å². The van der Waals surface area contributed by atoms with E-state index in [0.29, 0.717) is 11.5 Å². The third kappa shape index (κ3) is 3.20. The Bertz CT molecular complexity index is 1120. The maximum Gasteiger partial charge on any atom is 0.162 e. The molecule has 5 heteroatoms. The number of benzene rings is 3. The number of rotatable bonds is 6. The molecule has 0 saturated heterocycles. The summed E-state index contributed by atoms with van der Waals surface area (Å²) < 4.78 is 10.9. The van der Waals surface area contributed by atoms with Gasteiger partial charge in [0, 0.05) is 11.5 Å². The highest BCUT2D eigenvalue weighted by molar-refractivity contribution is 5.92. The zero-order valence-electron chi connectivity index (χ0n) is 16.3. The highest BCUT2D eigenvalue weighted by atomic mass is 16.5. The van der Waals surface area contributed by atoms with Gasteiger partial charge in [0.15, 0.2) is 11.5 Å². The minimum Gasteiger partial charge on any atom is -0.493 e. The predicted octanol–water partition coefficient (Wildman–Crippen LogP) is 5.36. The van der Waals surface area contributed by atoms with Crippen LogP contribution >= 0.6 is 0 Å². The number of nitrogens with zero attached hydrogens (tertiary/aromatic N) is 2. The van der Waals surface area contributed by atoms with Gasteiger partial charge in [-0.05, 0) is 28.8 Å². The fourth-order valence-electron chi connectivity index (χ4n) is 3.62. The highest BCUT2D eigenvalue weighted by Crippen LogP contribution is 2.35. The first-order valence-electron chi connectivity index (χ1n) is 9.36. The molecular formula is C23H23N3O2. The molecule has 5 nitrogen and oxygen atoms in total. The Morgan fingerprint density at radius 3 is 2.43 bits per heavy atom. The molecule has 0 fully saturated rings. The van der Waals surface area contributed by atoms with Crippen molar-refractivity contribution in [3.63, 3.8) is 0 Å². The molecule has 4 rings (SSSR count). The van der Waals surface area contributed by atoms with Crippen LogP contribution in [0.2, 0.25) is 0 Å². The van der Waals surface area contributed by atoms with Gasteiger partial charge in [-0.25, -0.2) is 9.97 Å². The maximum atomic E-state index is 5.46. The summed E-state index contributed by atoms with van der Waals surface area (Å²) in [7, 11) is 3.25. The summed E-state index contributed by atoms with van der Waals surface area (Å²) in [6.07, 6.45) is 2.50. The van der Waals surface area contributed by atoms with E-state index in [1.165, 1.54) is 16.3 Å². The topological polar surface area (TPSA) is 56.3 Å². The Balaban J connectivity index is 1.79. The minimum absolute atomic E-state index is 0.122. The molecule has 1 heterocycles. The van der Waals surface area contributed by atoms with Gasteiger partial charge in [0.1, 0.15) is 12.1 Å². The number of hydrogen-bond donors (Lipinski definition) is 1. The Kier molecular flexibility index (Phi) is 4.98. The van der Waals surface area contributed by atoms with Crippen molar-refractivity contribution in [2.24, 2.45) is 0 Å². The summed E-state index contributed by atoms with van der Waals surface area (Å²) >= 11 is 0. The summed E-state index contributed by atoms with van der Waals surface area (Å²) in [6, 6.07) is 18.8. The average Bonchev–Trinajstić information content (AvgIpc) is 2.76. The molecule has 4 aromatic rings. The Labute approximate surface area is 164 Å². The van der Waals surface area contributed by atoms with E-state index >= 15 is 0 Å². The van der Waals surface area contributed by atoms with Crippen molar-refractivity contribution in [2.75, 3.05) is 19.5 Å². The Morgan fingerprint density at radius 1 is 0.893 bits per heavy atom. The Hall–Kier alpha value is -3.34. The molecule has 1 aromatic heterocycles. The second kappa shape index (κ2) is 7.72. The van der Waals surface area contributed by atoms with Gasteiger partial charge in [-0.2, -0.15) is 0 Å². The van der Waals surface area contributed by atoms with E-state index < -0.39 is 0 Å². The van der Waals surface area contributed by atoms with Crippen LogP contribution in [0.5, 0.6) is 11.5 Å². The van der Waals surface area contributed by atoms with Crippen LogP contribution in [0.25, 0.3) is 21.7 Å². The van der Waals surface area contributed by atoms with Crippen LogP contribution in [0, 0.1) is 0 Å². The minimum atomic E-state index is 0.122. The third-order valence-corrected chi connectivity index (χ3v) is 5.06. The smallest absolute Gasteiger partial charge is 0.162 e. The molecule has 1 N–H and O–H groups in total. The molecule has 0 aliphatic heterocycles. The number of hydrogen-bond acceptors (Lipinski definition) is 5. The number of ether oxygens (including phenoxy) is 2. The predicted molar refractivity (Wildman–Crippen MR) is 113 cm³/mol. The summed E-state index contributed by atoms with van der Waals surface area (Å²) in [5.74, 6) is 2.09. The number of methoxy groups -OCH3 is 2. The lowest BCUT2D eigenvalue weighted by Gasteiger charge is -2.21. The molecule has 0 saturated carbocycles. The van der Waals surface area contributed by atoms with E-state index in [-0.39, 0.29) is 6.04 Å². The molecule has 0 aliphatic carbocycles. The van der Waals surface area contributed by atoms with Crippen LogP contribution in [0.4, 0.5) is 5.82 Å². The van der Waals surface area contributed by atoms with Crippen molar-refractivity contribution in [3.05, 3.63) is 66.5 Å². The molecule has 1 atom stereocenters. The van der Waals surface area contributed by atoms with Crippen LogP contribution < -0.4 is 14.8 Å². The van der Waals surface area contributed by atoms with E-state index in [0.717, 1.165) is 23.1 Å². The first-order chi connectivity index (χ1) is 13.7. The van der Waals surface area contributed by atoms with Gasteiger partial charge < -0.3 is 14.8 Å². The molecule has 28 heavy (non-hydrogen) atoms. The van der Waals surface area contributed by atoms with Gasteiger partial charge >= 0.3 is 0 Å². The summed E-state index contributed by atoms with van der Waals surface area (Å²) in [4.78, 5) is 8.91. The second-order valence-corrected chi connectivity index (χ2v) is 6.62. The zero-order valence-corrected chi connectivity index (χ0v) is 16.3. The lowest BCUT2D eigenvalue weighted by atomic mass is 9.97. The molecule has 0 spiro atoms. The van der Waals surface area contributed by atoms with E-state index in [1.54, 1.807) is 20.5 Å². The highest BCUT2D eigenvalue weighted by Gasteiger charge is 2.16. The quantitative estimate of drug-likeness (QED) is 0.493. The van der Waals surface area contributed by atoms with Crippen LogP contribution in [0.15, 0.2) is 60.9 Å². The van der Waals surface area contributed by atoms with E-state index in [4.69, 9.17) is 9.47 Å². The first kappa shape index (κ1) is 18.0. The van der Waals surface area contributed by atoms with E-state index in [2.05, 4.69) is 64.7 Å². The summed E-state index contributed by atoms with van der Waals surface area (Å²) in [5, 5.41) is 7.01. The molecule has 0 aliphatic rings. The van der Waals surface area contributed by atoms with Crippen molar-refractivity contribution in [1.82, 2.24) is 9.97 Å². The van der Waals surface area contributed by atoms with Crippen LogP contribution in [-0.2, 0) is 0 Å². The summed E-state index contributed by atoms with van der Waals surface area (Å²) in [5.41, 5.74) is 2.07. The van der Waals surface area contributed by atoms with Crippen LogP contribution in [0.1, 0.15) is 24.9 Å². The van der Waals surface area contributed by atoms with Crippen molar-refractivity contribution < 1.29 is 9.47 Å². The van der Waals surface area contributed by atoms with Crippen molar-refractivity contribution in [2.45, 2.75) is 19.4 Å². The SMILES string of the molecule is CC[C@@H](Nc1ncnc2cc(OC)c(OC)cc12)c1cccc2ccccc12. The molecule has 0 amide bonds. The van der Waals surface area contributed by atoms with Gasteiger partial charge in [-0.15, -0.1) is 0 Å². The largest absolute Gasteiger partial charge is 0.493 e. The normalized spacial score (nSPS) is 12.1. The molecule has 0 bridgehead atoms. The lowest BCUT2D eigenvalue weighted by Crippen LogP contribution is -2.12. The fraction of sp³-hybridized carbons (Fsp3) is 0.217. The van der Waals surface area contributed by atoms with E-state index in [1.807, 2.05) is 12.1 Å². The number of anilines is 1. The van der Waals surface area contributed by atoms with E-state index in [9.17, 15) is 0 Å². The third-order valence-electron chi connectivity index (χ3n) is 5.06. The standard InChI is InChI=1S/C23H23N3O2/c1-4-19(17-11-7-9-15-8-5-6-10-16(15)17)26-23-18-12-21(27-2)22(28-3)13-20(18)24-14-25-23/h5-14,19H,4H2,1-3H3,(H,24,25,26)/t19-/m1/s1. The van der Waals surface area contributed by atoms with Crippen molar-refractivity contribution in [1.29, 1.82) is 0 Å². The average molecular weight is 373 g/mol. The van der Waals surface area contributed by atoms with Gasteiger partial charge in [-0.3, -0.25) is 0 Å². The molecule has 3 aromatic carbocycles. The number of aromatic nitrogens is 2. The fourth-order valence-corrected chi connectivity index (χ4v) is 3.62. The van der Waals surface area contributed by atoms with Gasteiger partial charge in [-0.1, -0.05) is 49.4 Å². The molecule has 0 radical (unpaired) electrons. The molecule has 0 unspecified atom stereocenters. The zero-order chi connectivity index (χ0) is 19.5. The van der Waals surface area contributed by atoms with Crippen LogP contribution in [-0.4, -0.2) is 24.2 Å².